The van der Waals surface area contributed by atoms with Gasteiger partial charge >= 0.3 is 5.97 Å². The molecule has 28 heavy (non-hydrogen) atoms. The molecule has 2 heterocycles. The Morgan fingerprint density at radius 2 is 1.86 bits per heavy atom. The van der Waals surface area contributed by atoms with Crippen molar-refractivity contribution in [3.05, 3.63) is 24.3 Å². The lowest BCUT2D eigenvalue weighted by molar-refractivity contribution is -0.147. The van der Waals surface area contributed by atoms with Gasteiger partial charge in [0.1, 0.15) is 5.75 Å². The van der Waals surface area contributed by atoms with E-state index >= 15 is 0 Å². The molecular weight excluding hydrogens is 358 g/mol. The highest BCUT2D eigenvalue weighted by molar-refractivity contribution is 5.85. The van der Waals surface area contributed by atoms with Crippen LogP contribution in [-0.4, -0.2) is 78.7 Å². The van der Waals surface area contributed by atoms with Crippen molar-refractivity contribution in [1.82, 2.24) is 9.80 Å². The fourth-order valence-corrected chi connectivity index (χ4v) is 3.89. The van der Waals surface area contributed by atoms with Crippen molar-refractivity contribution in [2.75, 3.05) is 51.2 Å². The van der Waals surface area contributed by atoms with Gasteiger partial charge in [0, 0.05) is 51.0 Å². The van der Waals surface area contributed by atoms with E-state index in [2.05, 4.69) is 16.8 Å². The summed E-state index contributed by atoms with van der Waals surface area (Å²) in [6.07, 6.45) is 1.57. The van der Waals surface area contributed by atoms with E-state index in [9.17, 15) is 14.7 Å². The molecule has 1 N–H and O–H groups in total. The maximum atomic E-state index is 12.9. The van der Waals surface area contributed by atoms with Gasteiger partial charge in [-0.15, -0.1) is 0 Å². The molecule has 1 aromatic carbocycles. The number of carboxylic acids is 1. The molecule has 1 atom stereocenters. The number of hydrogen-bond acceptors (Lipinski definition) is 5. The number of amides is 1. The Balaban J connectivity index is 1.68. The first-order valence-electron chi connectivity index (χ1n) is 10.0. The van der Waals surface area contributed by atoms with Gasteiger partial charge in [0.05, 0.1) is 5.92 Å². The van der Waals surface area contributed by atoms with Gasteiger partial charge in [-0.05, 0) is 45.9 Å². The molecule has 1 unspecified atom stereocenters. The third kappa shape index (κ3) is 4.76. The number of piperazine rings is 1. The Bertz CT molecular complexity index is 713. The number of piperidine rings is 1. The van der Waals surface area contributed by atoms with E-state index in [1.165, 1.54) is 0 Å². The first-order valence-corrected chi connectivity index (χ1v) is 10.0. The fraction of sp³-hybridized carbons (Fsp3) is 0.619. The highest BCUT2D eigenvalue weighted by Crippen LogP contribution is 2.29. The van der Waals surface area contributed by atoms with Crippen molar-refractivity contribution in [3.8, 4) is 5.75 Å². The zero-order valence-electron chi connectivity index (χ0n) is 17.1. The third-order valence-electron chi connectivity index (χ3n) is 5.63. The Labute approximate surface area is 166 Å². The topological polar surface area (TPSA) is 73.3 Å². The summed E-state index contributed by atoms with van der Waals surface area (Å²) in [6.45, 7) is 8.12. The van der Waals surface area contributed by atoms with Crippen molar-refractivity contribution in [2.24, 2.45) is 5.92 Å². The van der Waals surface area contributed by atoms with E-state index in [0.29, 0.717) is 31.8 Å². The Morgan fingerprint density at radius 3 is 2.54 bits per heavy atom. The summed E-state index contributed by atoms with van der Waals surface area (Å²) in [5.74, 6) is -0.457. The van der Waals surface area contributed by atoms with Gasteiger partial charge in [0.15, 0.2) is 5.60 Å². The lowest BCUT2D eigenvalue weighted by atomic mass is 9.98. The normalized spacial score (nSPS) is 21.5. The summed E-state index contributed by atoms with van der Waals surface area (Å²) in [5, 5.41) is 9.32. The molecule has 0 saturated carbocycles. The van der Waals surface area contributed by atoms with Gasteiger partial charge in [-0.25, -0.2) is 0 Å². The number of carbonyl (C=O) groups is 2. The monoisotopic (exact) mass is 389 g/mol. The third-order valence-corrected chi connectivity index (χ3v) is 5.63. The summed E-state index contributed by atoms with van der Waals surface area (Å²) in [7, 11) is 2.06. The van der Waals surface area contributed by atoms with Gasteiger partial charge in [-0.2, -0.15) is 0 Å². The lowest BCUT2D eigenvalue weighted by Crippen LogP contribution is -2.55. The molecule has 0 bridgehead atoms. The quantitative estimate of drug-likeness (QED) is 0.830. The second-order valence-electron chi connectivity index (χ2n) is 8.33. The first-order chi connectivity index (χ1) is 13.3. The van der Waals surface area contributed by atoms with Crippen molar-refractivity contribution in [3.63, 3.8) is 0 Å². The molecule has 1 aromatic rings. The van der Waals surface area contributed by atoms with Crippen molar-refractivity contribution in [1.29, 1.82) is 0 Å². The van der Waals surface area contributed by atoms with Crippen LogP contribution in [0.2, 0.25) is 0 Å². The minimum Gasteiger partial charge on any atom is -0.481 e. The van der Waals surface area contributed by atoms with Crippen LogP contribution in [0.15, 0.2) is 24.3 Å². The van der Waals surface area contributed by atoms with Gasteiger partial charge in [-0.3, -0.25) is 9.59 Å². The van der Waals surface area contributed by atoms with Crippen LogP contribution >= 0.6 is 0 Å². The Kier molecular flexibility index (Phi) is 6.13. The minimum atomic E-state index is -0.958. The van der Waals surface area contributed by atoms with Crippen LogP contribution in [0.25, 0.3) is 0 Å². The molecule has 0 radical (unpaired) electrons. The van der Waals surface area contributed by atoms with Crippen molar-refractivity contribution in [2.45, 2.75) is 32.3 Å². The number of aliphatic carboxylic acids is 1. The SMILES string of the molecule is CN1CCN(C(=O)C(C)(C)Oc2cccc(N3CCCC(C(=O)O)C3)c2)CC1. The summed E-state index contributed by atoms with van der Waals surface area (Å²) >= 11 is 0. The molecule has 0 aromatic heterocycles. The van der Waals surface area contributed by atoms with Crippen LogP contribution in [-0.2, 0) is 9.59 Å². The summed E-state index contributed by atoms with van der Waals surface area (Å²) in [6, 6.07) is 7.61. The van der Waals surface area contributed by atoms with E-state index in [-0.39, 0.29) is 11.8 Å². The maximum absolute atomic E-state index is 12.9. The predicted molar refractivity (Wildman–Crippen MR) is 108 cm³/mol. The number of hydrogen-bond donors (Lipinski definition) is 1. The van der Waals surface area contributed by atoms with Gasteiger partial charge in [0.25, 0.3) is 5.91 Å². The number of carbonyl (C=O) groups excluding carboxylic acids is 1. The van der Waals surface area contributed by atoms with E-state index in [4.69, 9.17) is 4.74 Å². The lowest BCUT2D eigenvalue weighted by Gasteiger charge is -2.37. The van der Waals surface area contributed by atoms with Gasteiger partial charge in [0.2, 0.25) is 0 Å². The predicted octanol–water partition coefficient (Wildman–Crippen LogP) is 1.92. The minimum absolute atomic E-state index is 0.00471. The number of rotatable bonds is 5. The second kappa shape index (κ2) is 8.39. The van der Waals surface area contributed by atoms with Crippen LogP contribution in [0.1, 0.15) is 26.7 Å². The molecule has 0 spiro atoms. The van der Waals surface area contributed by atoms with Crippen molar-refractivity contribution < 1.29 is 19.4 Å². The smallest absolute Gasteiger partial charge is 0.308 e. The summed E-state index contributed by atoms with van der Waals surface area (Å²) in [5.41, 5.74) is -0.0219. The molecule has 2 aliphatic rings. The first kappa shape index (κ1) is 20.5. The van der Waals surface area contributed by atoms with Crippen LogP contribution in [0.5, 0.6) is 5.75 Å². The van der Waals surface area contributed by atoms with Crippen LogP contribution in [0.3, 0.4) is 0 Å². The van der Waals surface area contributed by atoms with E-state index < -0.39 is 11.6 Å². The van der Waals surface area contributed by atoms with E-state index in [1.807, 2.05) is 43.0 Å². The maximum Gasteiger partial charge on any atom is 0.308 e. The Hall–Kier alpha value is -2.28. The number of ether oxygens (including phenoxy) is 1. The van der Waals surface area contributed by atoms with Crippen LogP contribution in [0, 0.1) is 5.92 Å². The molecule has 2 aliphatic heterocycles. The largest absolute Gasteiger partial charge is 0.481 e. The van der Waals surface area contributed by atoms with E-state index in [0.717, 1.165) is 31.7 Å². The highest BCUT2D eigenvalue weighted by atomic mass is 16.5. The molecule has 3 rings (SSSR count). The number of benzene rings is 1. The molecule has 154 valence electrons. The molecule has 7 heteroatoms. The number of likely N-dealkylation sites (N-methyl/N-ethyl adjacent to an activating group) is 1. The molecular formula is C21H31N3O4. The average Bonchev–Trinajstić information content (AvgIpc) is 2.68. The number of carboxylic acid groups (broad SMARTS) is 1. The molecule has 7 nitrogen and oxygen atoms in total. The number of nitrogens with zero attached hydrogens (tertiary/aromatic N) is 3. The van der Waals surface area contributed by atoms with Gasteiger partial charge in [-0.1, -0.05) is 6.07 Å². The van der Waals surface area contributed by atoms with Crippen LogP contribution in [0.4, 0.5) is 5.69 Å². The summed E-state index contributed by atoms with van der Waals surface area (Å²) < 4.78 is 6.10. The van der Waals surface area contributed by atoms with Crippen molar-refractivity contribution >= 4 is 17.6 Å². The number of anilines is 1. The summed E-state index contributed by atoms with van der Waals surface area (Å²) in [4.78, 5) is 30.4. The fourth-order valence-electron chi connectivity index (χ4n) is 3.89. The van der Waals surface area contributed by atoms with E-state index in [1.54, 1.807) is 0 Å². The molecule has 2 fully saturated rings. The zero-order valence-corrected chi connectivity index (χ0v) is 17.1. The zero-order chi connectivity index (χ0) is 20.3. The standard InChI is InChI=1S/C21H31N3O4/c1-21(2,20(27)23-12-10-22(3)11-13-23)28-18-8-4-7-17(14-18)24-9-5-6-16(15-24)19(25)26/h4,7-8,14,16H,5-6,9-13,15H2,1-3H3,(H,25,26). The molecule has 1 amide bonds. The average molecular weight is 389 g/mol. The second-order valence-corrected chi connectivity index (χ2v) is 8.33. The highest BCUT2D eigenvalue weighted by Gasteiger charge is 2.35. The molecule has 2 saturated heterocycles. The van der Waals surface area contributed by atoms with Gasteiger partial charge < -0.3 is 24.5 Å². The van der Waals surface area contributed by atoms with Crippen LogP contribution < -0.4 is 9.64 Å². The Morgan fingerprint density at radius 1 is 1.14 bits per heavy atom. The molecule has 0 aliphatic carbocycles.